The maximum atomic E-state index is 5.55. The summed E-state index contributed by atoms with van der Waals surface area (Å²) in [4.78, 5) is 1.83. The van der Waals surface area contributed by atoms with Crippen LogP contribution in [0.1, 0.15) is 52.4 Å². The van der Waals surface area contributed by atoms with E-state index in [-0.39, 0.29) is 12.0 Å². The zero-order valence-electron chi connectivity index (χ0n) is 15.3. The number of nitrogens with one attached hydrogen (secondary N) is 2. The minimum absolute atomic E-state index is 0.135. The fourth-order valence-corrected chi connectivity index (χ4v) is 4.86. The molecule has 0 fully saturated rings. The van der Waals surface area contributed by atoms with E-state index in [9.17, 15) is 0 Å². The Morgan fingerprint density at radius 3 is 2.35 bits per heavy atom. The van der Waals surface area contributed by atoms with Gasteiger partial charge in [-0.2, -0.15) is 0 Å². The van der Waals surface area contributed by atoms with Crippen molar-refractivity contribution in [3.63, 3.8) is 0 Å². The lowest BCUT2D eigenvalue weighted by Gasteiger charge is -2.35. The number of rotatable bonds is 8. The van der Waals surface area contributed by atoms with Gasteiger partial charge in [-0.05, 0) is 43.9 Å². The predicted molar refractivity (Wildman–Crippen MR) is 128 cm³/mol. The van der Waals surface area contributed by atoms with E-state index >= 15 is 0 Å². The molecule has 2 rings (SSSR count). The average molecular weight is 518 g/mol. The number of unbranched alkanes of at least 4 members (excludes halogenated alkanes) is 2. The second kappa shape index (κ2) is 10.9. The van der Waals surface area contributed by atoms with Crippen LogP contribution in [0.4, 0.5) is 0 Å². The molecule has 0 saturated heterocycles. The number of fused-ring (bicyclic) bond motifs is 1. The van der Waals surface area contributed by atoms with Gasteiger partial charge in [0.25, 0.3) is 0 Å². The van der Waals surface area contributed by atoms with E-state index in [1.807, 2.05) is 0 Å². The largest absolute Gasteiger partial charge is 0.372 e. The molecule has 2 N–H and O–H groups in total. The lowest BCUT2D eigenvalue weighted by Crippen LogP contribution is -2.42. The molecule has 6 heteroatoms. The van der Waals surface area contributed by atoms with Crippen LogP contribution in [0.3, 0.4) is 0 Å². The molecule has 0 aromatic carbocycles. The second-order valence-electron chi connectivity index (χ2n) is 6.58. The fraction of sp³-hybridized carbons (Fsp3) is 0.500. The highest BCUT2D eigenvalue weighted by atomic mass is 79.9. The van der Waals surface area contributed by atoms with Gasteiger partial charge in [-0.1, -0.05) is 89.1 Å². The van der Waals surface area contributed by atoms with Gasteiger partial charge >= 0.3 is 0 Å². The Kier molecular flexibility index (Phi) is 9.21. The molecule has 0 heterocycles. The van der Waals surface area contributed by atoms with Crippen molar-refractivity contribution in [2.24, 2.45) is 5.92 Å². The zero-order valence-corrected chi connectivity index (χ0v) is 20.1. The van der Waals surface area contributed by atoms with Gasteiger partial charge in [-0.25, -0.2) is 0 Å². The van der Waals surface area contributed by atoms with E-state index in [0.717, 1.165) is 63.2 Å². The summed E-state index contributed by atoms with van der Waals surface area (Å²) in [5.41, 5.74) is 2.29. The van der Waals surface area contributed by atoms with E-state index in [4.69, 9.17) is 24.4 Å². The van der Waals surface area contributed by atoms with Crippen molar-refractivity contribution in [1.29, 1.82) is 0 Å². The van der Waals surface area contributed by atoms with Crippen LogP contribution in [0.2, 0.25) is 0 Å². The quantitative estimate of drug-likeness (QED) is 0.355. The fourth-order valence-electron chi connectivity index (χ4n) is 3.07. The standard InChI is InChI=1S/C20H26Br2N2S2/c1-3-5-7-17(25)23-15-11-9-14(22)20-16(12-10-13(21)19(15)20)24-18(26)8-6-4-2/h9-12,15,19H,3-8H2,1-2H3,(H,23,25)(H,24,26). The summed E-state index contributed by atoms with van der Waals surface area (Å²) in [6.07, 6.45) is 14.9. The van der Waals surface area contributed by atoms with Gasteiger partial charge in [-0.15, -0.1) is 0 Å². The first-order valence-electron chi connectivity index (χ1n) is 9.22. The van der Waals surface area contributed by atoms with E-state index in [1.165, 1.54) is 5.57 Å². The molecular weight excluding hydrogens is 492 g/mol. The summed E-state index contributed by atoms with van der Waals surface area (Å²) in [6, 6.07) is 0.135. The minimum Gasteiger partial charge on any atom is -0.372 e. The van der Waals surface area contributed by atoms with Gasteiger partial charge < -0.3 is 10.6 Å². The average Bonchev–Trinajstić information content (AvgIpc) is 2.62. The molecule has 0 bridgehead atoms. The Morgan fingerprint density at radius 2 is 1.69 bits per heavy atom. The molecule has 0 amide bonds. The maximum absolute atomic E-state index is 5.55. The second-order valence-corrected chi connectivity index (χ2v) is 9.33. The van der Waals surface area contributed by atoms with Crippen molar-refractivity contribution in [2.45, 2.75) is 58.4 Å². The van der Waals surface area contributed by atoms with Crippen molar-refractivity contribution < 1.29 is 0 Å². The molecule has 2 aliphatic carbocycles. The van der Waals surface area contributed by atoms with Crippen molar-refractivity contribution >= 4 is 66.3 Å². The Morgan fingerprint density at radius 1 is 1.04 bits per heavy atom. The molecule has 0 aromatic heterocycles. The minimum atomic E-state index is 0.135. The molecule has 0 aromatic rings. The maximum Gasteiger partial charge on any atom is 0.0797 e. The van der Waals surface area contributed by atoms with E-state index in [2.05, 4.69) is 80.6 Å². The Bertz CT molecular complexity index is 677. The van der Waals surface area contributed by atoms with E-state index in [0.29, 0.717) is 0 Å². The van der Waals surface area contributed by atoms with Crippen molar-refractivity contribution in [3.05, 3.63) is 44.5 Å². The van der Waals surface area contributed by atoms with Gasteiger partial charge in [0.05, 0.1) is 16.0 Å². The van der Waals surface area contributed by atoms with Gasteiger partial charge in [0.1, 0.15) is 0 Å². The number of halogens is 2. The van der Waals surface area contributed by atoms with Crippen molar-refractivity contribution in [3.8, 4) is 0 Å². The van der Waals surface area contributed by atoms with Crippen LogP contribution >= 0.6 is 56.3 Å². The van der Waals surface area contributed by atoms with Crippen LogP contribution in [-0.4, -0.2) is 16.0 Å². The highest BCUT2D eigenvalue weighted by Gasteiger charge is 2.34. The van der Waals surface area contributed by atoms with Crippen LogP contribution in [0.5, 0.6) is 0 Å². The topological polar surface area (TPSA) is 24.1 Å². The molecule has 0 aliphatic heterocycles. The smallest absolute Gasteiger partial charge is 0.0797 e. The summed E-state index contributed by atoms with van der Waals surface area (Å²) in [6.45, 7) is 4.37. The normalized spacial score (nSPS) is 21.7. The molecule has 0 spiro atoms. The number of hydrogen-bond acceptors (Lipinski definition) is 2. The molecule has 2 nitrogen and oxygen atoms in total. The summed E-state index contributed by atoms with van der Waals surface area (Å²) < 4.78 is 2.23. The Balaban J connectivity index is 2.18. The zero-order chi connectivity index (χ0) is 19.1. The van der Waals surface area contributed by atoms with Crippen LogP contribution in [-0.2, 0) is 0 Å². The Labute approximate surface area is 184 Å². The number of thiocarbonyl (C=S) groups is 2. The molecule has 2 aliphatic rings. The molecule has 2 unspecified atom stereocenters. The van der Waals surface area contributed by atoms with Crippen molar-refractivity contribution in [2.75, 3.05) is 0 Å². The third-order valence-corrected chi connectivity index (χ3v) is 6.57. The van der Waals surface area contributed by atoms with Crippen LogP contribution in [0, 0.1) is 5.92 Å². The van der Waals surface area contributed by atoms with Gasteiger partial charge in [-0.3, -0.25) is 0 Å². The first kappa shape index (κ1) is 22.0. The highest BCUT2D eigenvalue weighted by molar-refractivity contribution is 9.12. The van der Waals surface area contributed by atoms with Gasteiger partial charge in [0, 0.05) is 26.2 Å². The SMILES string of the molecule is CCCCC(=S)NC1=CC=C(Br)C2C1=C(Br)C=CC2NC(=S)CCCC. The molecular formula is C20H26Br2N2S2. The first-order chi connectivity index (χ1) is 12.5. The summed E-state index contributed by atoms with van der Waals surface area (Å²) in [7, 11) is 0. The van der Waals surface area contributed by atoms with E-state index in [1.54, 1.807) is 0 Å². The summed E-state index contributed by atoms with van der Waals surface area (Å²) in [5, 5.41) is 7.00. The third kappa shape index (κ3) is 5.85. The molecule has 0 radical (unpaired) electrons. The molecule has 142 valence electrons. The predicted octanol–water partition coefficient (Wildman–Crippen LogP) is 6.58. The number of allylic oxidation sites excluding steroid dienone is 5. The van der Waals surface area contributed by atoms with Crippen LogP contribution in [0.25, 0.3) is 0 Å². The van der Waals surface area contributed by atoms with Crippen LogP contribution in [0.15, 0.2) is 44.5 Å². The first-order valence-corrected chi connectivity index (χ1v) is 11.6. The third-order valence-electron chi connectivity index (χ3n) is 4.49. The molecule has 2 atom stereocenters. The summed E-state index contributed by atoms with van der Waals surface area (Å²) >= 11 is 18.6. The van der Waals surface area contributed by atoms with Gasteiger partial charge in [0.2, 0.25) is 0 Å². The highest BCUT2D eigenvalue weighted by Crippen LogP contribution is 2.42. The lowest BCUT2D eigenvalue weighted by molar-refractivity contribution is 0.582. The summed E-state index contributed by atoms with van der Waals surface area (Å²) in [5.74, 6) is 0.176. The van der Waals surface area contributed by atoms with Gasteiger partial charge in [0.15, 0.2) is 0 Å². The monoisotopic (exact) mass is 516 g/mol. The van der Waals surface area contributed by atoms with Crippen molar-refractivity contribution in [1.82, 2.24) is 10.6 Å². The molecule has 26 heavy (non-hydrogen) atoms. The number of hydrogen-bond donors (Lipinski definition) is 2. The lowest BCUT2D eigenvalue weighted by atomic mass is 9.82. The molecule has 0 saturated carbocycles. The Hall–Kier alpha value is -0.300. The van der Waals surface area contributed by atoms with Crippen LogP contribution < -0.4 is 10.6 Å². The van der Waals surface area contributed by atoms with E-state index < -0.39 is 0 Å².